The highest BCUT2D eigenvalue weighted by atomic mass is 35.5. The average molecular weight is 555 g/mol. The number of carbonyl (C=O) groups excluding carboxylic acids is 2. The zero-order valence-corrected chi connectivity index (χ0v) is 22.0. The molecule has 0 spiro atoms. The molecule has 2 aliphatic rings. The van der Waals surface area contributed by atoms with Gasteiger partial charge in [0.1, 0.15) is 17.0 Å². The summed E-state index contributed by atoms with van der Waals surface area (Å²) in [7, 11) is 2.99. The second-order valence-corrected chi connectivity index (χ2v) is 10.1. The Morgan fingerprint density at radius 1 is 1.00 bits per heavy atom. The lowest BCUT2D eigenvalue weighted by Gasteiger charge is -2.31. The van der Waals surface area contributed by atoms with Gasteiger partial charge in [0.15, 0.2) is 0 Å². The van der Waals surface area contributed by atoms with Gasteiger partial charge in [-0.25, -0.2) is 4.90 Å². The number of nitrogens with one attached hydrogen (secondary N) is 1. The van der Waals surface area contributed by atoms with E-state index in [1.54, 1.807) is 42.5 Å². The lowest BCUT2D eigenvalue weighted by Crippen LogP contribution is -2.57. The molecule has 10 heteroatoms. The fraction of sp³-hybridized carbons (Fsp3) is 0.250. The highest BCUT2D eigenvalue weighted by Crippen LogP contribution is 2.53. The van der Waals surface area contributed by atoms with Crippen LogP contribution in [0.2, 0.25) is 10.0 Å². The fourth-order valence-corrected chi connectivity index (χ4v) is 6.09. The van der Waals surface area contributed by atoms with Crippen LogP contribution in [0.1, 0.15) is 17.2 Å². The normalized spacial score (nSPS) is 24.4. The molecule has 2 fully saturated rings. The number of halogens is 2. The Hall–Kier alpha value is -3.59. The number of imide groups is 1. The first-order valence-corrected chi connectivity index (χ1v) is 12.6. The minimum atomic E-state index is -1.79. The van der Waals surface area contributed by atoms with E-state index in [-0.39, 0.29) is 17.1 Å². The maximum absolute atomic E-state index is 14.0. The third-order valence-electron chi connectivity index (χ3n) is 7.29. The third-order valence-corrected chi connectivity index (χ3v) is 7.83. The van der Waals surface area contributed by atoms with Crippen molar-refractivity contribution in [2.24, 2.45) is 11.8 Å². The predicted octanol–water partition coefficient (Wildman–Crippen LogP) is 4.53. The molecule has 2 saturated heterocycles. The Balaban J connectivity index is 1.69. The van der Waals surface area contributed by atoms with Crippen LogP contribution in [0.15, 0.2) is 66.7 Å². The summed E-state index contributed by atoms with van der Waals surface area (Å²) in [6.45, 7) is 0. The van der Waals surface area contributed by atoms with Crippen molar-refractivity contribution in [1.82, 2.24) is 5.32 Å². The van der Waals surface area contributed by atoms with Gasteiger partial charge in [0, 0.05) is 29.1 Å². The summed E-state index contributed by atoms with van der Waals surface area (Å²) in [6.07, 6.45) is -0.0273. The Labute approximate surface area is 229 Å². The zero-order chi connectivity index (χ0) is 27.2. The number of hydrogen-bond donors (Lipinski definition) is 2. The Bertz CT molecular complexity index is 1430. The highest BCUT2D eigenvalue weighted by Gasteiger charge is 2.69. The molecule has 38 heavy (non-hydrogen) atoms. The largest absolute Gasteiger partial charge is 0.497 e. The first kappa shape index (κ1) is 26.0. The van der Waals surface area contributed by atoms with E-state index >= 15 is 0 Å². The summed E-state index contributed by atoms with van der Waals surface area (Å²) >= 11 is 12.4. The molecular formula is C28H24Cl2N2O6. The van der Waals surface area contributed by atoms with Gasteiger partial charge in [0.25, 0.3) is 0 Å². The number of ether oxygens (including phenoxy) is 2. The Morgan fingerprint density at radius 2 is 1.74 bits per heavy atom. The highest BCUT2D eigenvalue weighted by molar-refractivity contribution is 6.38. The van der Waals surface area contributed by atoms with Gasteiger partial charge in [0.2, 0.25) is 11.8 Å². The molecule has 0 saturated carbocycles. The SMILES string of the molecule is COc1ccc([C@@H]2N[C@](Cc3ccccc3)(C(=O)O)[C@H]3C(=O)N(c4ccc(Cl)cc4Cl)C(=O)[C@@H]23)c(OC)c1. The number of carbonyl (C=O) groups is 3. The second-order valence-electron chi connectivity index (χ2n) is 9.28. The van der Waals surface area contributed by atoms with Crippen LogP contribution >= 0.6 is 23.2 Å². The average Bonchev–Trinajstić information content (AvgIpc) is 3.38. The topological polar surface area (TPSA) is 105 Å². The number of benzene rings is 3. The van der Waals surface area contributed by atoms with E-state index in [0.29, 0.717) is 27.6 Å². The van der Waals surface area contributed by atoms with Crippen molar-refractivity contribution in [3.63, 3.8) is 0 Å². The molecule has 2 amide bonds. The predicted molar refractivity (Wildman–Crippen MR) is 142 cm³/mol. The molecule has 0 bridgehead atoms. The summed E-state index contributed by atoms with van der Waals surface area (Å²) in [5.74, 6) is -3.80. The summed E-state index contributed by atoms with van der Waals surface area (Å²) < 4.78 is 10.9. The van der Waals surface area contributed by atoms with Crippen LogP contribution in [-0.4, -0.2) is 42.6 Å². The van der Waals surface area contributed by atoms with E-state index < -0.39 is 41.2 Å². The fourth-order valence-electron chi connectivity index (χ4n) is 5.60. The maximum Gasteiger partial charge on any atom is 0.325 e. The van der Waals surface area contributed by atoms with Crippen LogP contribution in [0.5, 0.6) is 11.5 Å². The minimum Gasteiger partial charge on any atom is -0.497 e. The van der Waals surface area contributed by atoms with Crippen LogP contribution in [0.3, 0.4) is 0 Å². The third kappa shape index (κ3) is 4.09. The number of rotatable bonds is 7. The molecule has 4 atom stereocenters. The number of carboxylic acid groups (broad SMARTS) is 1. The molecule has 0 aromatic heterocycles. The van der Waals surface area contributed by atoms with Crippen LogP contribution < -0.4 is 19.7 Å². The van der Waals surface area contributed by atoms with Crippen molar-refractivity contribution in [3.8, 4) is 11.5 Å². The van der Waals surface area contributed by atoms with Crippen molar-refractivity contribution in [3.05, 3.63) is 87.9 Å². The van der Waals surface area contributed by atoms with E-state index in [4.69, 9.17) is 32.7 Å². The van der Waals surface area contributed by atoms with Gasteiger partial charge in [-0.2, -0.15) is 0 Å². The number of nitrogens with zero attached hydrogens (tertiary/aromatic N) is 1. The van der Waals surface area contributed by atoms with Crippen LogP contribution in [0.4, 0.5) is 5.69 Å². The molecule has 5 rings (SSSR count). The minimum absolute atomic E-state index is 0.0273. The molecule has 0 unspecified atom stereocenters. The lowest BCUT2D eigenvalue weighted by molar-refractivity contribution is -0.148. The molecule has 3 aromatic rings. The van der Waals surface area contributed by atoms with Gasteiger partial charge in [-0.15, -0.1) is 0 Å². The molecule has 0 aliphatic carbocycles. The van der Waals surface area contributed by atoms with E-state index in [1.807, 2.05) is 6.07 Å². The van der Waals surface area contributed by atoms with Gasteiger partial charge in [-0.05, 0) is 29.8 Å². The summed E-state index contributed by atoms with van der Waals surface area (Å²) in [4.78, 5) is 42.1. The van der Waals surface area contributed by atoms with Crippen LogP contribution in [0, 0.1) is 11.8 Å². The molecule has 2 heterocycles. The van der Waals surface area contributed by atoms with Gasteiger partial charge < -0.3 is 14.6 Å². The Morgan fingerprint density at radius 3 is 2.37 bits per heavy atom. The number of aliphatic carboxylic acids is 1. The van der Waals surface area contributed by atoms with Gasteiger partial charge in [-0.1, -0.05) is 59.6 Å². The van der Waals surface area contributed by atoms with E-state index in [0.717, 1.165) is 4.90 Å². The van der Waals surface area contributed by atoms with E-state index in [1.165, 1.54) is 32.4 Å². The maximum atomic E-state index is 14.0. The molecule has 196 valence electrons. The number of hydrogen-bond acceptors (Lipinski definition) is 6. The number of carboxylic acids is 1. The number of fused-ring (bicyclic) bond motifs is 1. The van der Waals surface area contributed by atoms with Gasteiger partial charge >= 0.3 is 5.97 Å². The van der Waals surface area contributed by atoms with Crippen molar-refractivity contribution in [1.29, 1.82) is 0 Å². The Kier molecular flexibility index (Phi) is 6.81. The van der Waals surface area contributed by atoms with Crippen LogP contribution in [-0.2, 0) is 20.8 Å². The molecule has 2 aliphatic heterocycles. The first-order chi connectivity index (χ1) is 18.2. The van der Waals surface area contributed by atoms with Gasteiger partial charge in [-0.3, -0.25) is 19.7 Å². The second kappa shape index (κ2) is 9.94. The van der Waals surface area contributed by atoms with E-state index in [9.17, 15) is 19.5 Å². The smallest absolute Gasteiger partial charge is 0.325 e. The lowest BCUT2D eigenvalue weighted by atomic mass is 9.76. The summed E-state index contributed by atoms with van der Waals surface area (Å²) in [5, 5.41) is 14.3. The molecule has 8 nitrogen and oxygen atoms in total. The van der Waals surface area contributed by atoms with E-state index in [2.05, 4.69) is 5.32 Å². The quantitative estimate of drug-likeness (QED) is 0.413. The van der Waals surface area contributed by atoms with Crippen molar-refractivity contribution in [2.75, 3.05) is 19.1 Å². The van der Waals surface area contributed by atoms with Gasteiger partial charge in [0.05, 0.1) is 36.8 Å². The number of anilines is 1. The molecule has 0 radical (unpaired) electrons. The number of methoxy groups -OCH3 is 2. The van der Waals surface area contributed by atoms with Crippen molar-refractivity contribution in [2.45, 2.75) is 18.0 Å². The van der Waals surface area contributed by atoms with Crippen molar-refractivity contribution >= 4 is 46.7 Å². The molecule has 3 aromatic carbocycles. The first-order valence-electron chi connectivity index (χ1n) is 11.8. The molecular weight excluding hydrogens is 531 g/mol. The number of amides is 2. The summed E-state index contributed by atoms with van der Waals surface area (Å²) in [6, 6.07) is 17.6. The molecule has 2 N–H and O–H groups in total. The monoisotopic (exact) mass is 554 g/mol. The zero-order valence-electron chi connectivity index (χ0n) is 20.5. The van der Waals surface area contributed by atoms with Crippen molar-refractivity contribution < 1.29 is 29.0 Å². The summed E-state index contributed by atoms with van der Waals surface area (Å²) in [5.41, 5.74) is -0.404. The standard InChI is InChI=1S/C28H24Cl2N2O6/c1-37-17-9-10-18(21(13-17)38-2)24-22-23(28(31-24,27(35)36)14-15-6-4-3-5-7-15)26(34)32(25(22)33)20-11-8-16(29)12-19(20)30/h3-13,22-24,31H,14H2,1-2H3,(H,35,36)/t22-,23-,24+,28+/m1/s1. The van der Waals surface area contributed by atoms with Crippen LogP contribution in [0.25, 0.3) is 0 Å².